The molecule has 1 aliphatic heterocycles. The molecule has 3 heterocycles. The van der Waals surface area contributed by atoms with E-state index in [0.717, 1.165) is 23.4 Å². The van der Waals surface area contributed by atoms with Crippen molar-refractivity contribution in [3.63, 3.8) is 0 Å². The van der Waals surface area contributed by atoms with Gasteiger partial charge < -0.3 is 13.8 Å². The predicted octanol–water partition coefficient (Wildman–Crippen LogP) is 5.07. The number of alkyl halides is 1. The van der Waals surface area contributed by atoms with Crippen LogP contribution in [-0.2, 0) is 17.0 Å². The fourth-order valence-corrected chi connectivity index (χ4v) is 3.62. The summed E-state index contributed by atoms with van der Waals surface area (Å²) in [7, 11) is 0. The van der Waals surface area contributed by atoms with Crippen molar-refractivity contribution < 1.29 is 13.7 Å². The van der Waals surface area contributed by atoms with Crippen LogP contribution < -0.4 is 0 Å². The number of nitrogens with zero attached hydrogens (tertiary/aromatic N) is 3. The van der Waals surface area contributed by atoms with Gasteiger partial charge in [-0.2, -0.15) is 4.98 Å². The number of benzene rings is 2. The molecule has 0 N–H and O–H groups in total. The highest BCUT2D eigenvalue weighted by atomic mass is 19.1. The molecule has 0 radical (unpaired) electrons. The molecule has 0 aliphatic carbocycles. The third-order valence-electron chi connectivity index (χ3n) is 5.58. The van der Waals surface area contributed by atoms with E-state index in [9.17, 15) is 4.39 Å². The topological polar surface area (TPSA) is 53.1 Å². The summed E-state index contributed by atoms with van der Waals surface area (Å²) in [4.78, 5) is 4.54. The van der Waals surface area contributed by atoms with Gasteiger partial charge in [0.05, 0.1) is 18.8 Å². The van der Waals surface area contributed by atoms with Gasteiger partial charge in [-0.05, 0) is 31.0 Å². The Kier molecular flexibility index (Phi) is 4.51. The maximum atomic E-state index is 14.4. The maximum absolute atomic E-state index is 14.4. The number of rotatable bonds is 5. The van der Waals surface area contributed by atoms with Crippen molar-refractivity contribution in [2.45, 2.75) is 26.1 Å². The minimum absolute atomic E-state index is 0.109. The van der Waals surface area contributed by atoms with E-state index in [0.29, 0.717) is 17.3 Å². The maximum Gasteiger partial charge on any atom is 0.259 e. The van der Waals surface area contributed by atoms with Crippen molar-refractivity contribution >= 4 is 0 Å². The van der Waals surface area contributed by atoms with Gasteiger partial charge in [-0.25, -0.2) is 4.39 Å². The molecule has 30 heavy (non-hydrogen) atoms. The van der Waals surface area contributed by atoms with Gasteiger partial charge in [0, 0.05) is 24.0 Å². The van der Waals surface area contributed by atoms with E-state index in [2.05, 4.69) is 52.8 Å². The van der Waals surface area contributed by atoms with Crippen LogP contribution in [-0.4, -0.2) is 27.9 Å². The lowest BCUT2D eigenvalue weighted by atomic mass is 9.93. The van der Waals surface area contributed by atoms with Crippen molar-refractivity contribution in [3.8, 4) is 22.8 Å². The first-order valence-corrected chi connectivity index (χ1v) is 9.94. The van der Waals surface area contributed by atoms with E-state index in [-0.39, 0.29) is 13.2 Å². The van der Waals surface area contributed by atoms with E-state index in [1.165, 1.54) is 11.1 Å². The molecule has 5 rings (SSSR count). The van der Waals surface area contributed by atoms with Crippen LogP contribution in [0.5, 0.6) is 0 Å². The lowest BCUT2D eigenvalue weighted by molar-refractivity contribution is -0.135. The van der Waals surface area contributed by atoms with E-state index in [1.54, 1.807) is 12.1 Å². The number of hydrogen-bond acceptors (Lipinski definition) is 4. The molecule has 5 nitrogen and oxygen atoms in total. The molecule has 2 aromatic carbocycles. The first kappa shape index (κ1) is 18.8. The smallest absolute Gasteiger partial charge is 0.259 e. The SMILES string of the molecule is Cc1ccc(Cn2cc(-c3nc(-c4ccc(C5(F)COC5)cc4)no3)cc2C)cc1. The second-order valence-corrected chi connectivity index (χ2v) is 7.94. The lowest BCUT2D eigenvalue weighted by Gasteiger charge is -2.34. The van der Waals surface area contributed by atoms with Crippen LogP contribution in [0.4, 0.5) is 4.39 Å². The second-order valence-electron chi connectivity index (χ2n) is 7.94. The highest BCUT2D eigenvalue weighted by molar-refractivity contribution is 5.60. The van der Waals surface area contributed by atoms with Crippen LogP contribution in [0.2, 0.25) is 0 Å². The Labute approximate surface area is 174 Å². The molecule has 0 spiro atoms. The average molecular weight is 403 g/mol. The summed E-state index contributed by atoms with van der Waals surface area (Å²) in [5.74, 6) is 0.951. The summed E-state index contributed by atoms with van der Waals surface area (Å²) in [5, 5.41) is 4.11. The summed E-state index contributed by atoms with van der Waals surface area (Å²) in [5.41, 5.74) is 4.50. The predicted molar refractivity (Wildman–Crippen MR) is 112 cm³/mol. The summed E-state index contributed by atoms with van der Waals surface area (Å²) in [6.07, 6.45) is 2.03. The van der Waals surface area contributed by atoms with Gasteiger partial charge in [0.25, 0.3) is 5.89 Å². The molecule has 1 aliphatic rings. The van der Waals surface area contributed by atoms with E-state index in [4.69, 9.17) is 9.26 Å². The molecule has 0 unspecified atom stereocenters. The average Bonchev–Trinajstić information content (AvgIpc) is 3.35. The highest BCUT2D eigenvalue weighted by Crippen LogP contribution is 2.34. The molecule has 0 atom stereocenters. The Morgan fingerprint density at radius 3 is 2.40 bits per heavy atom. The van der Waals surface area contributed by atoms with Gasteiger partial charge in [-0.1, -0.05) is 59.3 Å². The standard InChI is InChI=1S/C24H22FN3O2/c1-16-3-5-18(6-4-16)12-28-13-20(11-17(28)2)23-26-22(27-30-23)19-7-9-21(10-8-19)24(25)14-29-15-24/h3-11,13H,12,14-15H2,1-2H3. The molecule has 0 saturated carbocycles. The Morgan fingerprint density at radius 2 is 1.73 bits per heavy atom. The lowest BCUT2D eigenvalue weighted by Crippen LogP contribution is -2.42. The fraction of sp³-hybridized carbons (Fsp3) is 0.250. The van der Waals surface area contributed by atoms with E-state index in [1.807, 2.05) is 24.4 Å². The zero-order valence-electron chi connectivity index (χ0n) is 16.9. The summed E-state index contributed by atoms with van der Waals surface area (Å²) < 4.78 is 27.1. The van der Waals surface area contributed by atoms with Crippen LogP contribution in [0, 0.1) is 13.8 Å². The largest absolute Gasteiger partial charge is 0.374 e. The second kappa shape index (κ2) is 7.22. The zero-order valence-corrected chi connectivity index (χ0v) is 16.9. The third kappa shape index (κ3) is 3.44. The van der Waals surface area contributed by atoms with Gasteiger partial charge in [-0.3, -0.25) is 0 Å². The van der Waals surface area contributed by atoms with Crippen molar-refractivity contribution in [2.75, 3.05) is 13.2 Å². The Hall–Kier alpha value is -3.25. The fourth-order valence-electron chi connectivity index (χ4n) is 3.62. The number of aromatic nitrogens is 3. The first-order chi connectivity index (χ1) is 14.5. The Balaban J connectivity index is 1.36. The van der Waals surface area contributed by atoms with Gasteiger partial charge >= 0.3 is 0 Å². The normalized spacial score (nSPS) is 15.2. The quantitative estimate of drug-likeness (QED) is 0.467. The monoisotopic (exact) mass is 403 g/mol. The molecule has 2 aromatic heterocycles. The summed E-state index contributed by atoms with van der Waals surface area (Å²) in [6.45, 7) is 5.14. The summed E-state index contributed by atoms with van der Waals surface area (Å²) in [6, 6.07) is 17.7. The minimum Gasteiger partial charge on any atom is -0.374 e. The Morgan fingerprint density at radius 1 is 1.00 bits per heavy atom. The van der Waals surface area contributed by atoms with Crippen molar-refractivity contribution in [1.82, 2.24) is 14.7 Å². The van der Waals surface area contributed by atoms with Crippen LogP contribution >= 0.6 is 0 Å². The van der Waals surface area contributed by atoms with Crippen molar-refractivity contribution in [3.05, 3.63) is 83.2 Å². The van der Waals surface area contributed by atoms with Crippen LogP contribution in [0.3, 0.4) is 0 Å². The molecular weight excluding hydrogens is 381 g/mol. The number of halogens is 1. The number of hydrogen-bond donors (Lipinski definition) is 0. The van der Waals surface area contributed by atoms with Crippen molar-refractivity contribution in [2.24, 2.45) is 0 Å². The molecule has 1 saturated heterocycles. The highest BCUT2D eigenvalue weighted by Gasteiger charge is 2.40. The molecular formula is C24H22FN3O2. The number of aryl methyl sites for hydroxylation is 2. The molecule has 0 bridgehead atoms. The molecule has 152 valence electrons. The van der Waals surface area contributed by atoms with Crippen LogP contribution in [0.15, 0.2) is 65.3 Å². The van der Waals surface area contributed by atoms with Crippen LogP contribution in [0.25, 0.3) is 22.8 Å². The number of ether oxygens (including phenoxy) is 1. The van der Waals surface area contributed by atoms with Gasteiger partial charge in [-0.15, -0.1) is 0 Å². The molecule has 1 fully saturated rings. The van der Waals surface area contributed by atoms with E-state index >= 15 is 0 Å². The van der Waals surface area contributed by atoms with Crippen LogP contribution in [0.1, 0.15) is 22.4 Å². The minimum atomic E-state index is -1.38. The zero-order chi connectivity index (χ0) is 20.7. The summed E-state index contributed by atoms with van der Waals surface area (Å²) >= 11 is 0. The molecule has 0 amide bonds. The van der Waals surface area contributed by atoms with Gasteiger partial charge in [0.1, 0.15) is 0 Å². The Bertz CT molecular complexity index is 1170. The van der Waals surface area contributed by atoms with Gasteiger partial charge in [0.15, 0.2) is 5.67 Å². The third-order valence-corrected chi connectivity index (χ3v) is 5.58. The van der Waals surface area contributed by atoms with Gasteiger partial charge in [0.2, 0.25) is 5.82 Å². The molecule has 6 heteroatoms. The first-order valence-electron chi connectivity index (χ1n) is 9.94. The molecule has 4 aromatic rings. The van der Waals surface area contributed by atoms with E-state index < -0.39 is 5.67 Å². The van der Waals surface area contributed by atoms with Crippen molar-refractivity contribution in [1.29, 1.82) is 0 Å².